The van der Waals surface area contributed by atoms with Gasteiger partial charge in [-0.25, -0.2) is 9.59 Å². The first-order chi connectivity index (χ1) is 19.2. The summed E-state index contributed by atoms with van der Waals surface area (Å²) in [5.74, 6) is -3.21. The first-order valence-electron chi connectivity index (χ1n) is 12.3. The molecule has 4 N–H and O–H groups in total. The van der Waals surface area contributed by atoms with Gasteiger partial charge < -0.3 is 48.8 Å². The Kier molecular flexibility index (Phi) is 11.4. The van der Waals surface area contributed by atoms with Crippen molar-refractivity contribution in [3.8, 4) is 0 Å². The van der Waals surface area contributed by atoms with Gasteiger partial charge in [-0.3, -0.25) is 4.79 Å². The number of benzene rings is 1. The van der Waals surface area contributed by atoms with E-state index in [1.165, 1.54) is 12.2 Å². The van der Waals surface area contributed by atoms with Gasteiger partial charge in [-0.05, 0) is 17.7 Å². The van der Waals surface area contributed by atoms with Gasteiger partial charge in [-0.15, -0.1) is 0 Å². The summed E-state index contributed by atoms with van der Waals surface area (Å²) < 4.78 is 31.5. The van der Waals surface area contributed by atoms with Gasteiger partial charge in [-0.1, -0.05) is 30.3 Å². The molecule has 0 amide bonds. The number of rotatable bonds is 10. The zero-order chi connectivity index (χ0) is 29.2. The van der Waals surface area contributed by atoms with Crippen LogP contribution < -0.4 is 0 Å². The van der Waals surface area contributed by atoms with Crippen molar-refractivity contribution < 1.29 is 63.2 Å². The Bertz CT molecular complexity index is 1110. The standard InChI is InChI=1S/C27H32O13/c1-35-21(30)12-17-16(10-11-37-20(29)9-8-15-6-4-3-5-7-15)26(38-14-18(17)25(34)36-2)40-27-24(33)23(32)22(31)19(13-28)39-27/h3-10,14,17,19,22-24,26-28,31-33H,11-13H2,1-2H3. The molecule has 2 heterocycles. The first kappa shape index (κ1) is 30.9. The van der Waals surface area contributed by atoms with Crippen LogP contribution in [0.4, 0.5) is 0 Å². The molecule has 40 heavy (non-hydrogen) atoms. The zero-order valence-electron chi connectivity index (χ0n) is 21.8. The van der Waals surface area contributed by atoms with E-state index in [-0.39, 0.29) is 24.2 Å². The highest BCUT2D eigenvalue weighted by molar-refractivity contribution is 5.91. The Morgan fingerprint density at radius 3 is 2.38 bits per heavy atom. The number of hydrogen-bond acceptors (Lipinski definition) is 13. The fourth-order valence-electron chi connectivity index (χ4n) is 4.07. The van der Waals surface area contributed by atoms with E-state index in [9.17, 15) is 34.8 Å². The lowest BCUT2D eigenvalue weighted by Crippen LogP contribution is -2.60. The number of hydrogen-bond donors (Lipinski definition) is 4. The molecule has 2 aliphatic rings. The molecule has 1 fully saturated rings. The van der Waals surface area contributed by atoms with Crippen molar-refractivity contribution in [3.05, 3.63) is 65.5 Å². The minimum atomic E-state index is -1.76. The Balaban J connectivity index is 1.87. The Labute approximate surface area is 229 Å². The van der Waals surface area contributed by atoms with Crippen LogP contribution in [0.15, 0.2) is 59.9 Å². The Morgan fingerprint density at radius 1 is 1.00 bits per heavy atom. The second-order valence-electron chi connectivity index (χ2n) is 8.78. The maximum Gasteiger partial charge on any atom is 0.337 e. The van der Waals surface area contributed by atoms with E-state index in [1.54, 1.807) is 18.2 Å². The molecular formula is C27H32O13. The normalized spacial score (nSPS) is 29.4. The molecule has 13 heteroatoms. The average molecular weight is 565 g/mol. The zero-order valence-corrected chi connectivity index (χ0v) is 21.8. The van der Waals surface area contributed by atoms with Crippen molar-refractivity contribution >= 4 is 24.0 Å². The molecule has 2 aliphatic heterocycles. The number of aliphatic hydroxyl groups is 4. The van der Waals surface area contributed by atoms with E-state index in [0.29, 0.717) is 0 Å². The summed E-state index contributed by atoms with van der Waals surface area (Å²) >= 11 is 0. The van der Waals surface area contributed by atoms with Crippen LogP contribution in [0.2, 0.25) is 0 Å². The average Bonchev–Trinajstić information content (AvgIpc) is 2.97. The van der Waals surface area contributed by atoms with Crippen LogP contribution in [0.25, 0.3) is 6.08 Å². The maximum absolute atomic E-state index is 12.5. The summed E-state index contributed by atoms with van der Waals surface area (Å²) in [5.41, 5.74) is 0.825. The van der Waals surface area contributed by atoms with E-state index in [2.05, 4.69) is 0 Å². The number of carbonyl (C=O) groups is 3. The highest BCUT2D eigenvalue weighted by Crippen LogP contribution is 2.36. The summed E-state index contributed by atoms with van der Waals surface area (Å²) in [7, 11) is 2.30. The predicted molar refractivity (Wildman–Crippen MR) is 134 cm³/mol. The maximum atomic E-state index is 12.5. The third kappa shape index (κ3) is 7.75. The van der Waals surface area contributed by atoms with E-state index < -0.39 is 67.4 Å². The highest BCUT2D eigenvalue weighted by Gasteiger charge is 2.47. The Morgan fingerprint density at radius 2 is 1.73 bits per heavy atom. The van der Waals surface area contributed by atoms with Crippen molar-refractivity contribution in [2.45, 2.75) is 43.4 Å². The number of esters is 3. The van der Waals surface area contributed by atoms with Crippen LogP contribution in [0.3, 0.4) is 0 Å². The topological polar surface area (TPSA) is 188 Å². The molecule has 1 aromatic rings. The molecule has 7 atom stereocenters. The molecule has 0 bridgehead atoms. The van der Waals surface area contributed by atoms with Gasteiger partial charge in [0, 0.05) is 17.6 Å². The molecule has 0 aliphatic carbocycles. The number of aliphatic hydroxyl groups excluding tert-OH is 4. The first-order valence-corrected chi connectivity index (χ1v) is 12.3. The molecule has 13 nitrogen and oxygen atoms in total. The molecule has 0 aromatic heterocycles. The molecule has 1 saturated heterocycles. The lowest BCUT2D eigenvalue weighted by atomic mass is 9.86. The van der Waals surface area contributed by atoms with Crippen LogP contribution in [-0.4, -0.2) is 103 Å². The second kappa shape index (κ2) is 14.7. The fraction of sp³-hybridized carbons (Fsp3) is 0.444. The minimum Gasteiger partial charge on any atom is -0.469 e. The van der Waals surface area contributed by atoms with Crippen LogP contribution in [0.5, 0.6) is 0 Å². The van der Waals surface area contributed by atoms with Gasteiger partial charge in [0.15, 0.2) is 6.29 Å². The molecule has 0 radical (unpaired) electrons. The molecule has 0 spiro atoms. The predicted octanol–water partition coefficient (Wildman–Crippen LogP) is -0.422. The third-order valence-corrected chi connectivity index (χ3v) is 6.25. The van der Waals surface area contributed by atoms with E-state index in [1.807, 2.05) is 18.2 Å². The summed E-state index contributed by atoms with van der Waals surface area (Å²) in [4.78, 5) is 37.0. The SMILES string of the molecule is COC(=O)CC1C(C(=O)OC)=COC(OC2OC(CO)C(O)C(O)C2O)C1=CCOC(=O)C=Cc1ccccc1. The minimum absolute atomic E-state index is 0.0666. The van der Waals surface area contributed by atoms with E-state index in [4.69, 9.17) is 28.4 Å². The molecular weight excluding hydrogens is 532 g/mol. The number of ether oxygens (including phenoxy) is 6. The quantitative estimate of drug-likeness (QED) is 0.124. The molecule has 7 unspecified atom stereocenters. The largest absolute Gasteiger partial charge is 0.469 e. The van der Waals surface area contributed by atoms with E-state index in [0.717, 1.165) is 26.0 Å². The lowest BCUT2D eigenvalue weighted by Gasteiger charge is -2.41. The molecule has 1 aromatic carbocycles. The van der Waals surface area contributed by atoms with E-state index >= 15 is 0 Å². The summed E-state index contributed by atoms with van der Waals surface area (Å²) in [6, 6.07) is 9.04. The third-order valence-electron chi connectivity index (χ3n) is 6.25. The number of carbonyl (C=O) groups excluding carboxylic acids is 3. The van der Waals surface area contributed by atoms with Crippen molar-refractivity contribution in [3.63, 3.8) is 0 Å². The summed E-state index contributed by atoms with van der Waals surface area (Å²) in [5, 5.41) is 40.1. The number of methoxy groups -OCH3 is 2. The van der Waals surface area contributed by atoms with Gasteiger partial charge in [0.25, 0.3) is 0 Å². The Hall–Kier alpha value is -3.59. The molecule has 0 saturated carbocycles. The van der Waals surface area contributed by atoms with Crippen molar-refractivity contribution in [1.82, 2.24) is 0 Å². The summed E-state index contributed by atoms with van der Waals surface area (Å²) in [6.45, 7) is -1.03. The second-order valence-corrected chi connectivity index (χ2v) is 8.78. The molecule has 3 rings (SSSR count). The van der Waals surface area contributed by atoms with Gasteiger partial charge in [0.2, 0.25) is 6.29 Å². The van der Waals surface area contributed by atoms with Crippen LogP contribution in [0, 0.1) is 5.92 Å². The fourth-order valence-corrected chi connectivity index (χ4v) is 4.07. The summed E-state index contributed by atoms with van der Waals surface area (Å²) in [6.07, 6.45) is -4.61. The molecule has 218 valence electrons. The van der Waals surface area contributed by atoms with Gasteiger partial charge in [0.05, 0.1) is 39.1 Å². The van der Waals surface area contributed by atoms with Crippen molar-refractivity contribution in [2.24, 2.45) is 5.92 Å². The van der Waals surface area contributed by atoms with Crippen LogP contribution in [-0.2, 0) is 42.8 Å². The van der Waals surface area contributed by atoms with Crippen molar-refractivity contribution in [1.29, 1.82) is 0 Å². The smallest absolute Gasteiger partial charge is 0.337 e. The lowest BCUT2D eigenvalue weighted by molar-refractivity contribution is -0.327. The van der Waals surface area contributed by atoms with Crippen molar-refractivity contribution in [2.75, 3.05) is 27.4 Å². The highest BCUT2D eigenvalue weighted by atomic mass is 16.8. The monoisotopic (exact) mass is 564 g/mol. The van der Waals surface area contributed by atoms with Crippen LogP contribution in [0.1, 0.15) is 12.0 Å². The van der Waals surface area contributed by atoms with Gasteiger partial charge >= 0.3 is 17.9 Å². The van der Waals surface area contributed by atoms with Gasteiger partial charge in [-0.2, -0.15) is 0 Å². The van der Waals surface area contributed by atoms with Crippen LogP contribution >= 0.6 is 0 Å². The van der Waals surface area contributed by atoms with Gasteiger partial charge in [0.1, 0.15) is 31.0 Å².